The summed E-state index contributed by atoms with van der Waals surface area (Å²) < 4.78 is 0. The van der Waals surface area contributed by atoms with Crippen molar-refractivity contribution in [2.24, 2.45) is 5.41 Å². The van der Waals surface area contributed by atoms with E-state index in [1.54, 1.807) is 6.92 Å². The number of hydrogen-bond acceptors (Lipinski definition) is 4. The van der Waals surface area contributed by atoms with E-state index >= 15 is 0 Å². The first-order valence-electron chi connectivity index (χ1n) is 5.50. The summed E-state index contributed by atoms with van der Waals surface area (Å²) in [5.74, 6) is -0.492. The van der Waals surface area contributed by atoms with Crippen molar-refractivity contribution in [2.75, 3.05) is 5.32 Å². The predicted molar refractivity (Wildman–Crippen MR) is 70.7 cm³/mol. The van der Waals surface area contributed by atoms with Crippen molar-refractivity contribution in [1.29, 1.82) is 5.26 Å². The van der Waals surface area contributed by atoms with Crippen molar-refractivity contribution in [3.8, 4) is 6.07 Å². The molecule has 0 fully saturated rings. The van der Waals surface area contributed by atoms with E-state index in [1.807, 2.05) is 6.07 Å². The lowest BCUT2D eigenvalue weighted by molar-refractivity contribution is -0.384. The molecular weight excluding hydrogens is 270 g/mol. The molecule has 0 aliphatic carbocycles. The Kier molecular flexibility index (Phi) is 4.46. The molecule has 1 aromatic rings. The molecule has 1 aromatic carbocycles. The fourth-order valence-electron chi connectivity index (χ4n) is 1.27. The maximum atomic E-state index is 11.9. The van der Waals surface area contributed by atoms with Gasteiger partial charge in [0, 0.05) is 12.1 Å². The topological polar surface area (TPSA) is 96.0 Å². The average molecular weight is 282 g/mol. The number of hydrogen-bond donors (Lipinski definition) is 1. The van der Waals surface area contributed by atoms with Crippen LogP contribution in [-0.4, -0.2) is 10.8 Å². The third-order valence-electron chi connectivity index (χ3n) is 2.87. The van der Waals surface area contributed by atoms with Crippen LogP contribution in [0.2, 0.25) is 5.02 Å². The van der Waals surface area contributed by atoms with Crippen LogP contribution >= 0.6 is 11.6 Å². The fraction of sp³-hybridized carbons (Fsp3) is 0.333. The fourth-order valence-corrected chi connectivity index (χ4v) is 1.49. The molecule has 0 saturated carbocycles. The van der Waals surface area contributed by atoms with E-state index in [-0.39, 0.29) is 16.4 Å². The zero-order chi connectivity index (χ0) is 14.6. The van der Waals surface area contributed by atoms with Gasteiger partial charge in [-0.3, -0.25) is 14.9 Å². The van der Waals surface area contributed by atoms with Crippen molar-refractivity contribution in [3.05, 3.63) is 33.3 Å². The molecular formula is C12H12ClN3O3. The molecule has 1 N–H and O–H groups in total. The molecule has 0 aliphatic heterocycles. The Labute approximate surface area is 115 Å². The van der Waals surface area contributed by atoms with Gasteiger partial charge in [0.2, 0.25) is 5.91 Å². The predicted octanol–water partition coefficient (Wildman–Crippen LogP) is 3.13. The molecule has 6 nitrogen and oxygen atoms in total. The van der Waals surface area contributed by atoms with Crippen molar-refractivity contribution in [2.45, 2.75) is 20.3 Å². The van der Waals surface area contributed by atoms with E-state index in [9.17, 15) is 14.9 Å². The van der Waals surface area contributed by atoms with Gasteiger partial charge in [0.1, 0.15) is 5.41 Å². The van der Waals surface area contributed by atoms with E-state index in [2.05, 4.69) is 5.32 Å². The summed E-state index contributed by atoms with van der Waals surface area (Å²) in [6, 6.07) is 5.65. The normalized spacial score (nSPS) is 13.2. The quantitative estimate of drug-likeness (QED) is 0.677. The maximum Gasteiger partial charge on any atom is 0.271 e. The zero-order valence-corrected chi connectivity index (χ0v) is 11.2. The molecule has 0 bridgehead atoms. The van der Waals surface area contributed by atoms with Crippen molar-refractivity contribution < 1.29 is 9.72 Å². The van der Waals surface area contributed by atoms with Crippen LogP contribution in [0.5, 0.6) is 0 Å². The third kappa shape index (κ3) is 3.20. The molecule has 0 saturated heterocycles. The number of nitriles is 1. The van der Waals surface area contributed by atoms with Gasteiger partial charge < -0.3 is 5.32 Å². The highest BCUT2D eigenvalue weighted by Gasteiger charge is 2.31. The SMILES string of the molecule is CCC(C)(C#N)C(=O)Nc1ccc([N+](=O)[O-])cc1Cl. The van der Waals surface area contributed by atoms with Gasteiger partial charge in [-0.1, -0.05) is 18.5 Å². The second-order valence-electron chi connectivity index (χ2n) is 4.17. The van der Waals surface area contributed by atoms with Gasteiger partial charge in [-0.15, -0.1) is 0 Å². The van der Waals surface area contributed by atoms with Gasteiger partial charge in [-0.2, -0.15) is 5.26 Å². The zero-order valence-electron chi connectivity index (χ0n) is 10.4. The Bertz CT molecular complexity index is 568. The summed E-state index contributed by atoms with van der Waals surface area (Å²) in [4.78, 5) is 21.9. The van der Waals surface area contributed by atoms with E-state index in [0.717, 1.165) is 6.07 Å². The first kappa shape index (κ1) is 14.9. The largest absolute Gasteiger partial charge is 0.323 e. The first-order valence-corrected chi connectivity index (χ1v) is 5.88. The molecule has 19 heavy (non-hydrogen) atoms. The van der Waals surface area contributed by atoms with E-state index in [4.69, 9.17) is 16.9 Å². The lowest BCUT2D eigenvalue weighted by Crippen LogP contribution is -2.31. The van der Waals surface area contributed by atoms with Crippen LogP contribution in [0.1, 0.15) is 20.3 Å². The van der Waals surface area contributed by atoms with E-state index in [0.29, 0.717) is 6.42 Å². The minimum absolute atomic E-state index is 0.0546. The molecule has 100 valence electrons. The minimum atomic E-state index is -1.16. The number of nitrogens with one attached hydrogen (secondary N) is 1. The van der Waals surface area contributed by atoms with Gasteiger partial charge in [0.05, 0.1) is 21.7 Å². The molecule has 1 amide bonds. The summed E-state index contributed by atoms with van der Waals surface area (Å²) in [6.45, 7) is 3.24. The lowest BCUT2D eigenvalue weighted by atomic mass is 9.88. The van der Waals surface area contributed by atoms with Gasteiger partial charge >= 0.3 is 0 Å². The van der Waals surface area contributed by atoms with Crippen LogP contribution in [0.3, 0.4) is 0 Å². The summed E-state index contributed by atoms with van der Waals surface area (Å²) in [6.07, 6.45) is 0.347. The average Bonchev–Trinajstić information content (AvgIpc) is 2.39. The maximum absolute atomic E-state index is 11.9. The van der Waals surface area contributed by atoms with Crippen molar-refractivity contribution in [1.82, 2.24) is 0 Å². The highest BCUT2D eigenvalue weighted by molar-refractivity contribution is 6.34. The molecule has 0 aliphatic rings. The summed E-state index contributed by atoms with van der Waals surface area (Å²) in [7, 11) is 0. The van der Waals surface area contributed by atoms with Crippen molar-refractivity contribution in [3.63, 3.8) is 0 Å². The molecule has 1 atom stereocenters. The molecule has 0 spiro atoms. The number of carbonyl (C=O) groups is 1. The smallest absolute Gasteiger partial charge is 0.271 e. The van der Waals surface area contributed by atoms with E-state index < -0.39 is 16.2 Å². The summed E-state index contributed by atoms with van der Waals surface area (Å²) in [5.41, 5.74) is -1.08. The Morgan fingerprint density at radius 2 is 2.26 bits per heavy atom. The van der Waals surface area contributed by atoms with Gasteiger partial charge in [0.25, 0.3) is 5.69 Å². The molecule has 1 unspecified atom stereocenters. The van der Waals surface area contributed by atoms with Gasteiger partial charge in [-0.25, -0.2) is 0 Å². The molecule has 0 radical (unpaired) electrons. The lowest BCUT2D eigenvalue weighted by Gasteiger charge is -2.18. The molecule has 1 rings (SSSR count). The Balaban J connectivity index is 2.99. The summed E-state index contributed by atoms with van der Waals surface area (Å²) >= 11 is 5.85. The number of anilines is 1. The van der Waals surface area contributed by atoms with Crippen LogP contribution < -0.4 is 5.32 Å². The molecule has 0 heterocycles. The van der Waals surface area contributed by atoms with E-state index in [1.165, 1.54) is 19.1 Å². The Morgan fingerprint density at radius 1 is 1.63 bits per heavy atom. The number of benzene rings is 1. The number of rotatable bonds is 4. The van der Waals surface area contributed by atoms with Gasteiger partial charge in [0.15, 0.2) is 0 Å². The number of halogens is 1. The number of non-ortho nitro benzene ring substituents is 1. The minimum Gasteiger partial charge on any atom is -0.323 e. The molecule has 0 aromatic heterocycles. The van der Waals surface area contributed by atoms with Crippen LogP contribution in [-0.2, 0) is 4.79 Å². The highest BCUT2D eigenvalue weighted by atomic mass is 35.5. The highest BCUT2D eigenvalue weighted by Crippen LogP contribution is 2.29. The first-order chi connectivity index (χ1) is 8.84. The third-order valence-corrected chi connectivity index (χ3v) is 3.18. The number of nitro groups is 1. The number of nitrogens with zero attached hydrogens (tertiary/aromatic N) is 2. The van der Waals surface area contributed by atoms with Crippen LogP contribution in [0.25, 0.3) is 0 Å². The number of carbonyl (C=O) groups excluding carboxylic acids is 1. The second-order valence-corrected chi connectivity index (χ2v) is 4.58. The second kappa shape index (κ2) is 5.67. The van der Waals surface area contributed by atoms with Crippen molar-refractivity contribution >= 4 is 28.9 Å². The monoisotopic (exact) mass is 281 g/mol. The van der Waals surface area contributed by atoms with Gasteiger partial charge in [-0.05, 0) is 19.4 Å². The Hall–Kier alpha value is -2.13. The van der Waals surface area contributed by atoms with Crippen LogP contribution in [0, 0.1) is 26.9 Å². The summed E-state index contributed by atoms with van der Waals surface area (Å²) in [5, 5.41) is 22.1. The number of nitro benzene ring substituents is 1. The molecule has 7 heteroatoms. The van der Waals surface area contributed by atoms with Crippen LogP contribution in [0.15, 0.2) is 18.2 Å². The number of amides is 1. The van der Waals surface area contributed by atoms with Crippen LogP contribution in [0.4, 0.5) is 11.4 Å². The Morgan fingerprint density at radius 3 is 2.68 bits per heavy atom. The standard InChI is InChI=1S/C12H12ClN3O3/c1-3-12(2,7-14)11(17)15-10-5-4-8(16(18)19)6-9(10)13/h4-6H,3H2,1-2H3,(H,15,17).